The van der Waals surface area contributed by atoms with Crippen molar-refractivity contribution in [2.24, 2.45) is 0 Å². The van der Waals surface area contributed by atoms with E-state index in [9.17, 15) is 5.11 Å². The SMILES string of the molecule is C=CCOc1ccc(I)cc1CNC(C)(C)CO. The fourth-order valence-corrected chi connectivity index (χ4v) is 1.92. The molecule has 4 heteroatoms. The standard InChI is InChI=1S/C14H20INO2/c1-4-7-18-13-6-5-12(15)8-11(13)9-16-14(2,3)10-17/h4-6,8,16-17H,1,7,9-10H2,2-3H3. The Balaban J connectivity index is 2.78. The van der Waals surface area contributed by atoms with E-state index in [2.05, 4.69) is 40.6 Å². The van der Waals surface area contributed by atoms with E-state index in [0.29, 0.717) is 13.2 Å². The largest absolute Gasteiger partial charge is 0.489 e. The van der Waals surface area contributed by atoms with Crippen LogP contribution in [0, 0.1) is 3.57 Å². The Hall–Kier alpha value is -0.590. The van der Waals surface area contributed by atoms with Crippen LogP contribution in [-0.2, 0) is 6.54 Å². The van der Waals surface area contributed by atoms with Crippen LogP contribution in [0.1, 0.15) is 19.4 Å². The molecule has 1 rings (SSSR count). The van der Waals surface area contributed by atoms with Gasteiger partial charge in [0.25, 0.3) is 0 Å². The van der Waals surface area contributed by atoms with Gasteiger partial charge in [0.05, 0.1) is 6.61 Å². The van der Waals surface area contributed by atoms with E-state index in [1.54, 1.807) is 6.08 Å². The Morgan fingerprint density at radius 2 is 2.22 bits per heavy atom. The van der Waals surface area contributed by atoms with Gasteiger partial charge in [-0.15, -0.1) is 0 Å². The van der Waals surface area contributed by atoms with E-state index in [1.807, 2.05) is 26.0 Å². The van der Waals surface area contributed by atoms with E-state index in [4.69, 9.17) is 4.74 Å². The molecule has 2 N–H and O–H groups in total. The lowest BCUT2D eigenvalue weighted by molar-refractivity contribution is 0.187. The molecule has 0 heterocycles. The molecule has 0 amide bonds. The molecule has 0 aliphatic carbocycles. The molecule has 3 nitrogen and oxygen atoms in total. The van der Waals surface area contributed by atoms with Crippen LogP contribution in [0.2, 0.25) is 0 Å². The maximum atomic E-state index is 9.23. The van der Waals surface area contributed by atoms with Gasteiger partial charge >= 0.3 is 0 Å². The van der Waals surface area contributed by atoms with Crippen molar-refractivity contribution in [3.05, 3.63) is 40.0 Å². The maximum absolute atomic E-state index is 9.23. The Kier molecular flexibility index (Phi) is 6.11. The minimum absolute atomic E-state index is 0.0970. The summed E-state index contributed by atoms with van der Waals surface area (Å²) in [5.74, 6) is 0.858. The Morgan fingerprint density at radius 1 is 1.50 bits per heavy atom. The number of ether oxygens (including phenoxy) is 1. The summed E-state index contributed by atoms with van der Waals surface area (Å²) >= 11 is 2.28. The monoisotopic (exact) mass is 361 g/mol. The molecule has 1 aromatic rings. The van der Waals surface area contributed by atoms with Crippen molar-refractivity contribution in [3.8, 4) is 5.75 Å². The Labute approximate surface area is 122 Å². The minimum Gasteiger partial charge on any atom is -0.489 e. The molecule has 0 atom stereocenters. The van der Waals surface area contributed by atoms with E-state index in [1.165, 1.54) is 0 Å². The lowest BCUT2D eigenvalue weighted by Gasteiger charge is -2.24. The third-order valence-electron chi connectivity index (χ3n) is 2.53. The highest BCUT2D eigenvalue weighted by Gasteiger charge is 2.16. The zero-order valence-electron chi connectivity index (χ0n) is 10.9. The lowest BCUT2D eigenvalue weighted by Crippen LogP contribution is -2.42. The molecule has 0 aliphatic rings. The second kappa shape index (κ2) is 7.11. The molecule has 0 radical (unpaired) electrons. The topological polar surface area (TPSA) is 41.5 Å². The smallest absolute Gasteiger partial charge is 0.124 e. The number of hydrogen-bond donors (Lipinski definition) is 2. The van der Waals surface area contributed by atoms with Crippen LogP contribution in [0.3, 0.4) is 0 Å². The number of benzene rings is 1. The molecule has 1 aromatic carbocycles. The molecule has 100 valence electrons. The molecule has 18 heavy (non-hydrogen) atoms. The van der Waals surface area contributed by atoms with Gasteiger partial charge in [-0.3, -0.25) is 0 Å². The first-order valence-corrected chi connectivity index (χ1v) is 6.94. The second-order valence-corrected chi connectivity index (χ2v) is 5.99. The Bertz CT molecular complexity index is 405. The second-order valence-electron chi connectivity index (χ2n) is 4.75. The van der Waals surface area contributed by atoms with Crippen LogP contribution < -0.4 is 10.1 Å². The number of hydrogen-bond acceptors (Lipinski definition) is 3. The molecule has 0 saturated carbocycles. The van der Waals surface area contributed by atoms with Gasteiger partial charge in [-0.25, -0.2) is 0 Å². The van der Waals surface area contributed by atoms with Gasteiger partial charge in [0.1, 0.15) is 12.4 Å². The maximum Gasteiger partial charge on any atom is 0.124 e. The van der Waals surface area contributed by atoms with Crippen molar-refractivity contribution in [2.45, 2.75) is 25.9 Å². The van der Waals surface area contributed by atoms with Gasteiger partial charge in [0.2, 0.25) is 0 Å². The molecule has 0 unspecified atom stereocenters. The van der Waals surface area contributed by atoms with Gasteiger partial charge in [0.15, 0.2) is 0 Å². The van der Waals surface area contributed by atoms with Crippen molar-refractivity contribution in [1.82, 2.24) is 5.32 Å². The van der Waals surface area contributed by atoms with Crippen LogP contribution in [0.4, 0.5) is 0 Å². The van der Waals surface area contributed by atoms with Crippen molar-refractivity contribution < 1.29 is 9.84 Å². The predicted octanol–water partition coefficient (Wildman–Crippen LogP) is 2.72. The summed E-state index contributed by atoms with van der Waals surface area (Å²) in [7, 11) is 0. The van der Waals surface area contributed by atoms with E-state index in [-0.39, 0.29) is 12.1 Å². The lowest BCUT2D eigenvalue weighted by atomic mass is 10.1. The summed E-state index contributed by atoms with van der Waals surface area (Å²) in [6.07, 6.45) is 1.73. The highest BCUT2D eigenvalue weighted by molar-refractivity contribution is 14.1. The van der Waals surface area contributed by atoms with E-state index < -0.39 is 0 Å². The minimum atomic E-state index is -0.295. The summed E-state index contributed by atoms with van der Waals surface area (Å²) in [5.41, 5.74) is 0.794. The zero-order chi connectivity index (χ0) is 13.6. The van der Waals surface area contributed by atoms with Crippen molar-refractivity contribution in [3.63, 3.8) is 0 Å². The number of aliphatic hydroxyl groups excluding tert-OH is 1. The summed E-state index contributed by atoms with van der Waals surface area (Å²) in [6, 6.07) is 6.06. The number of rotatable bonds is 7. The normalized spacial score (nSPS) is 11.3. The Morgan fingerprint density at radius 3 is 2.83 bits per heavy atom. The van der Waals surface area contributed by atoms with Gasteiger partial charge in [0, 0.05) is 21.2 Å². The van der Waals surface area contributed by atoms with Crippen LogP contribution in [0.5, 0.6) is 5.75 Å². The van der Waals surface area contributed by atoms with Crippen LogP contribution >= 0.6 is 22.6 Å². The fraction of sp³-hybridized carbons (Fsp3) is 0.429. The zero-order valence-corrected chi connectivity index (χ0v) is 13.0. The summed E-state index contributed by atoms with van der Waals surface area (Å²) in [4.78, 5) is 0. The van der Waals surface area contributed by atoms with Gasteiger partial charge in [-0.05, 0) is 54.6 Å². The van der Waals surface area contributed by atoms with Crippen LogP contribution in [0.25, 0.3) is 0 Å². The van der Waals surface area contributed by atoms with Crippen molar-refractivity contribution in [2.75, 3.05) is 13.2 Å². The van der Waals surface area contributed by atoms with Crippen LogP contribution in [-0.4, -0.2) is 23.9 Å². The highest BCUT2D eigenvalue weighted by Crippen LogP contribution is 2.22. The van der Waals surface area contributed by atoms with Crippen LogP contribution in [0.15, 0.2) is 30.9 Å². The average molecular weight is 361 g/mol. The molecule has 0 aliphatic heterocycles. The van der Waals surface area contributed by atoms with Gasteiger partial charge < -0.3 is 15.2 Å². The van der Waals surface area contributed by atoms with Gasteiger partial charge in [-0.2, -0.15) is 0 Å². The fourth-order valence-electron chi connectivity index (χ4n) is 1.37. The number of halogens is 1. The molecular weight excluding hydrogens is 341 g/mol. The summed E-state index contributed by atoms with van der Waals surface area (Å²) in [6.45, 7) is 8.83. The van der Waals surface area contributed by atoms with E-state index in [0.717, 1.165) is 14.9 Å². The van der Waals surface area contributed by atoms with Crippen molar-refractivity contribution >= 4 is 22.6 Å². The third-order valence-corrected chi connectivity index (χ3v) is 3.20. The molecule has 0 fully saturated rings. The molecule has 0 saturated heterocycles. The highest BCUT2D eigenvalue weighted by atomic mass is 127. The molecule has 0 aromatic heterocycles. The van der Waals surface area contributed by atoms with Gasteiger partial charge in [-0.1, -0.05) is 12.7 Å². The van der Waals surface area contributed by atoms with Crippen molar-refractivity contribution in [1.29, 1.82) is 0 Å². The first kappa shape index (κ1) is 15.5. The number of nitrogens with one attached hydrogen (secondary N) is 1. The molecule has 0 spiro atoms. The summed E-state index contributed by atoms with van der Waals surface area (Å²) < 4.78 is 6.78. The quantitative estimate of drug-likeness (QED) is 0.580. The third kappa shape index (κ3) is 4.96. The first-order valence-electron chi connectivity index (χ1n) is 5.86. The summed E-state index contributed by atoms with van der Waals surface area (Å²) in [5, 5.41) is 12.5. The number of aliphatic hydroxyl groups is 1. The first-order chi connectivity index (χ1) is 8.48. The van der Waals surface area contributed by atoms with E-state index >= 15 is 0 Å². The predicted molar refractivity (Wildman–Crippen MR) is 82.9 cm³/mol. The molecule has 0 bridgehead atoms. The average Bonchev–Trinajstić information content (AvgIpc) is 2.35. The molecular formula is C14H20INO2.